The van der Waals surface area contributed by atoms with Crippen LogP contribution in [0.3, 0.4) is 0 Å². The number of rotatable bonds is 3. The maximum atomic E-state index is 11.8. The SMILES string of the molecule is CCOC(=O)C1C2CC(c3ccc(C(C)(C)C)cc3)CC21. The molecule has 2 atom stereocenters. The van der Waals surface area contributed by atoms with Crippen molar-refractivity contribution in [1.82, 2.24) is 0 Å². The second kappa shape index (κ2) is 5.15. The number of carbonyl (C=O) groups is 1. The minimum absolute atomic E-state index is 0.0361. The van der Waals surface area contributed by atoms with E-state index in [1.165, 1.54) is 11.1 Å². The number of hydrogen-bond donors (Lipinski definition) is 0. The van der Waals surface area contributed by atoms with Crippen LogP contribution in [0.4, 0.5) is 0 Å². The Morgan fingerprint density at radius 1 is 1.14 bits per heavy atom. The van der Waals surface area contributed by atoms with Crippen molar-refractivity contribution in [2.75, 3.05) is 6.61 Å². The largest absolute Gasteiger partial charge is 0.466 e. The van der Waals surface area contributed by atoms with Crippen molar-refractivity contribution >= 4 is 5.97 Å². The molecule has 0 aliphatic heterocycles. The molecule has 1 aromatic carbocycles. The van der Waals surface area contributed by atoms with E-state index in [-0.39, 0.29) is 17.3 Å². The van der Waals surface area contributed by atoms with Crippen LogP contribution in [0.15, 0.2) is 24.3 Å². The van der Waals surface area contributed by atoms with E-state index in [4.69, 9.17) is 4.74 Å². The smallest absolute Gasteiger partial charge is 0.309 e. The Labute approximate surface area is 127 Å². The summed E-state index contributed by atoms with van der Waals surface area (Å²) >= 11 is 0. The zero-order valence-corrected chi connectivity index (χ0v) is 13.6. The normalized spacial score (nSPS) is 30.9. The minimum atomic E-state index is 0.0361. The highest BCUT2D eigenvalue weighted by molar-refractivity contribution is 5.77. The molecule has 2 unspecified atom stereocenters. The fraction of sp³-hybridized carbons (Fsp3) is 0.632. The molecule has 0 bridgehead atoms. The predicted molar refractivity (Wildman–Crippen MR) is 84.2 cm³/mol. The molecule has 114 valence electrons. The number of hydrogen-bond acceptors (Lipinski definition) is 2. The summed E-state index contributed by atoms with van der Waals surface area (Å²) in [6.45, 7) is 9.13. The van der Waals surface area contributed by atoms with E-state index in [2.05, 4.69) is 45.0 Å². The Morgan fingerprint density at radius 2 is 1.71 bits per heavy atom. The molecule has 2 aliphatic rings. The number of ether oxygens (including phenoxy) is 1. The molecule has 0 spiro atoms. The van der Waals surface area contributed by atoms with Crippen LogP contribution in [0.2, 0.25) is 0 Å². The van der Waals surface area contributed by atoms with Gasteiger partial charge < -0.3 is 4.74 Å². The van der Waals surface area contributed by atoms with Gasteiger partial charge in [0.1, 0.15) is 0 Å². The Balaban J connectivity index is 1.61. The van der Waals surface area contributed by atoms with E-state index in [1.807, 2.05) is 6.92 Å². The van der Waals surface area contributed by atoms with Crippen LogP contribution in [-0.4, -0.2) is 12.6 Å². The lowest BCUT2D eigenvalue weighted by molar-refractivity contribution is -0.145. The summed E-state index contributed by atoms with van der Waals surface area (Å²) in [4.78, 5) is 11.8. The van der Waals surface area contributed by atoms with Gasteiger partial charge in [0.05, 0.1) is 12.5 Å². The first-order valence-electron chi connectivity index (χ1n) is 8.19. The summed E-state index contributed by atoms with van der Waals surface area (Å²) in [5.41, 5.74) is 3.04. The monoisotopic (exact) mass is 286 g/mol. The Hall–Kier alpha value is -1.31. The zero-order chi connectivity index (χ0) is 15.2. The zero-order valence-electron chi connectivity index (χ0n) is 13.6. The molecule has 3 rings (SSSR count). The van der Waals surface area contributed by atoms with Gasteiger partial charge in [-0.05, 0) is 54.1 Å². The quantitative estimate of drug-likeness (QED) is 0.775. The lowest BCUT2D eigenvalue weighted by atomic mass is 9.84. The summed E-state index contributed by atoms with van der Waals surface area (Å²) in [5.74, 6) is 2.04. The third-order valence-corrected chi connectivity index (χ3v) is 5.25. The number of benzene rings is 1. The van der Waals surface area contributed by atoms with Gasteiger partial charge in [0.25, 0.3) is 0 Å². The van der Waals surface area contributed by atoms with Crippen LogP contribution >= 0.6 is 0 Å². The van der Waals surface area contributed by atoms with Gasteiger partial charge in [-0.1, -0.05) is 45.0 Å². The maximum Gasteiger partial charge on any atom is 0.309 e. The summed E-state index contributed by atoms with van der Waals surface area (Å²) in [6.07, 6.45) is 2.31. The van der Waals surface area contributed by atoms with Gasteiger partial charge in [0.15, 0.2) is 0 Å². The van der Waals surface area contributed by atoms with Crippen LogP contribution in [0.25, 0.3) is 0 Å². The molecule has 0 aromatic heterocycles. The van der Waals surface area contributed by atoms with Crippen molar-refractivity contribution in [2.24, 2.45) is 17.8 Å². The second-order valence-electron chi connectivity index (χ2n) is 7.65. The third kappa shape index (κ3) is 2.73. The Kier molecular flexibility index (Phi) is 3.59. The van der Waals surface area contributed by atoms with E-state index in [0.29, 0.717) is 24.4 Å². The molecule has 2 heteroatoms. The molecular weight excluding hydrogens is 260 g/mol. The Bertz CT molecular complexity index is 511. The molecule has 2 aliphatic carbocycles. The van der Waals surface area contributed by atoms with Gasteiger partial charge in [-0.2, -0.15) is 0 Å². The van der Waals surface area contributed by atoms with Crippen molar-refractivity contribution in [3.8, 4) is 0 Å². The number of fused-ring (bicyclic) bond motifs is 1. The van der Waals surface area contributed by atoms with E-state index in [0.717, 1.165) is 12.8 Å². The van der Waals surface area contributed by atoms with Gasteiger partial charge >= 0.3 is 5.97 Å². The molecule has 1 aromatic rings. The van der Waals surface area contributed by atoms with Gasteiger partial charge in [-0.3, -0.25) is 4.79 Å². The highest BCUT2D eigenvalue weighted by Gasteiger charge is 2.60. The molecule has 0 saturated heterocycles. The summed E-state index contributed by atoms with van der Waals surface area (Å²) in [5, 5.41) is 0. The first-order chi connectivity index (χ1) is 9.91. The van der Waals surface area contributed by atoms with Gasteiger partial charge in [-0.15, -0.1) is 0 Å². The number of esters is 1. The van der Waals surface area contributed by atoms with Crippen LogP contribution in [0.5, 0.6) is 0 Å². The standard InChI is InChI=1S/C19H26O2/c1-5-21-18(20)17-15-10-13(11-16(15)17)12-6-8-14(9-7-12)19(2,3)4/h6-9,13,15-17H,5,10-11H2,1-4H3. The summed E-state index contributed by atoms with van der Waals surface area (Å²) in [7, 11) is 0. The summed E-state index contributed by atoms with van der Waals surface area (Å²) in [6, 6.07) is 9.11. The second-order valence-corrected chi connectivity index (χ2v) is 7.65. The molecule has 0 radical (unpaired) electrons. The van der Waals surface area contributed by atoms with Crippen molar-refractivity contribution < 1.29 is 9.53 Å². The fourth-order valence-corrected chi connectivity index (χ4v) is 3.96. The van der Waals surface area contributed by atoms with E-state index >= 15 is 0 Å². The fourth-order valence-electron chi connectivity index (χ4n) is 3.96. The maximum absolute atomic E-state index is 11.8. The minimum Gasteiger partial charge on any atom is -0.466 e. The van der Waals surface area contributed by atoms with E-state index in [1.54, 1.807) is 0 Å². The highest BCUT2D eigenvalue weighted by Crippen LogP contribution is 2.62. The van der Waals surface area contributed by atoms with Crippen molar-refractivity contribution in [2.45, 2.75) is 51.9 Å². The topological polar surface area (TPSA) is 26.3 Å². The molecule has 0 amide bonds. The summed E-state index contributed by atoms with van der Waals surface area (Å²) < 4.78 is 5.16. The molecule has 0 N–H and O–H groups in total. The lowest BCUT2D eigenvalue weighted by Crippen LogP contribution is -2.13. The van der Waals surface area contributed by atoms with E-state index in [9.17, 15) is 4.79 Å². The van der Waals surface area contributed by atoms with Crippen LogP contribution in [0, 0.1) is 17.8 Å². The van der Waals surface area contributed by atoms with Crippen LogP contribution in [-0.2, 0) is 14.9 Å². The van der Waals surface area contributed by atoms with Crippen molar-refractivity contribution in [3.63, 3.8) is 0 Å². The third-order valence-electron chi connectivity index (χ3n) is 5.25. The van der Waals surface area contributed by atoms with E-state index < -0.39 is 0 Å². The molecule has 2 saturated carbocycles. The van der Waals surface area contributed by atoms with Gasteiger partial charge in [-0.25, -0.2) is 0 Å². The van der Waals surface area contributed by atoms with Crippen molar-refractivity contribution in [3.05, 3.63) is 35.4 Å². The van der Waals surface area contributed by atoms with Crippen LogP contribution < -0.4 is 0 Å². The molecule has 2 nitrogen and oxygen atoms in total. The van der Waals surface area contributed by atoms with Crippen molar-refractivity contribution in [1.29, 1.82) is 0 Å². The first-order valence-corrected chi connectivity index (χ1v) is 8.19. The average molecular weight is 286 g/mol. The van der Waals surface area contributed by atoms with Gasteiger partial charge in [0, 0.05) is 0 Å². The highest BCUT2D eigenvalue weighted by atomic mass is 16.5. The lowest BCUT2D eigenvalue weighted by Gasteiger charge is -2.21. The molecule has 21 heavy (non-hydrogen) atoms. The average Bonchev–Trinajstić information content (AvgIpc) is 2.93. The predicted octanol–water partition coefficient (Wildman–Crippen LogP) is 4.29. The molecule has 0 heterocycles. The number of carbonyl (C=O) groups excluding carboxylic acids is 1. The van der Waals surface area contributed by atoms with Crippen LogP contribution in [0.1, 0.15) is 57.6 Å². The van der Waals surface area contributed by atoms with Gasteiger partial charge in [0.2, 0.25) is 0 Å². The molecule has 2 fully saturated rings. The Morgan fingerprint density at radius 3 is 2.19 bits per heavy atom. The first kappa shape index (κ1) is 14.6. The molecular formula is C19H26O2.